The summed E-state index contributed by atoms with van der Waals surface area (Å²) in [7, 11) is 0. The highest BCUT2D eigenvalue weighted by molar-refractivity contribution is 5.96. The predicted molar refractivity (Wildman–Crippen MR) is 136 cm³/mol. The molecular weight excluding hydrogens is 514 g/mol. The van der Waals surface area contributed by atoms with Gasteiger partial charge in [0, 0.05) is 41.1 Å². The Bertz CT molecular complexity index is 1590. The monoisotopic (exact) mass is 537 g/mol. The van der Waals surface area contributed by atoms with Crippen molar-refractivity contribution in [1.82, 2.24) is 20.3 Å². The highest BCUT2D eigenvalue weighted by Crippen LogP contribution is 2.48. The standard InChI is InChI=1S/C28H23F4N5O2/c1-15(33)27(2)14-39-24-20(27)11-22(37-23(24)16-5-7-19(29)8-6-16)21(28(30,31)32)13-36-26(38)18-10-17-4-3-9-34-25(17)35-12-18/h3-12,21H,1,13-14,33H2,2H3,(H,36,38)/t21?,27-/m1/s1. The molecule has 5 rings (SSSR count). The number of nitrogens with two attached hydrogens (primary N) is 1. The molecule has 0 bridgehead atoms. The number of ether oxygens (including phenoxy) is 1. The molecule has 0 radical (unpaired) electrons. The van der Waals surface area contributed by atoms with E-state index in [2.05, 4.69) is 26.8 Å². The maximum atomic E-state index is 14.4. The summed E-state index contributed by atoms with van der Waals surface area (Å²) in [6.07, 6.45) is -1.97. The molecule has 200 valence electrons. The number of alkyl halides is 3. The fourth-order valence-corrected chi connectivity index (χ4v) is 4.43. The third-order valence-electron chi connectivity index (χ3n) is 6.85. The Morgan fingerprint density at radius 1 is 1.21 bits per heavy atom. The highest BCUT2D eigenvalue weighted by atomic mass is 19.4. The van der Waals surface area contributed by atoms with Crippen LogP contribution in [-0.2, 0) is 5.41 Å². The zero-order chi connectivity index (χ0) is 27.9. The summed E-state index contributed by atoms with van der Waals surface area (Å²) in [6, 6.07) is 11.3. The van der Waals surface area contributed by atoms with Crippen molar-refractivity contribution in [1.29, 1.82) is 0 Å². The van der Waals surface area contributed by atoms with Crippen molar-refractivity contribution < 1.29 is 27.1 Å². The number of nitrogens with one attached hydrogen (secondary N) is 1. The van der Waals surface area contributed by atoms with Crippen molar-refractivity contribution in [2.75, 3.05) is 13.2 Å². The molecule has 1 unspecified atom stereocenters. The molecule has 11 heteroatoms. The lowest BCUT2D eigenvalue weighted by molar-refractivity contribution is -0.149. The van der Waals surface area contributed by atoms with Gasteiger partial charge in [0.15, 0.2) is 5.65 Å². The van der Waals surface area contributed by atoms with Gasteiger partial charge >= 0.3 is 6.18 Å². The van der Waals surface area contributed by atoms with Crippen LogP contribution in [0.25, 0.3) is 22.3 Å². The summed E-state index contributed by atoms with van der Waals surface area (Å²) in [6.45, 7) is 4.77. The normalized spacial score (nSPS) is 17.4. The van der Waals surface area contributed by atoms with Gasteiger partial charge in [-0.25, -0.2) is 19.3 Å². The second-order valence-corrected chi connectivity index (χ2v) is 9.50. The second kappa shape index (κ2) is 9.64. The number of carbonyl (C=O) groups excluding carboxylic acids is 1. The number of benzene rings is 1. The molecule has 4 aromatic rings. The van der Waals surface area contributed by atoms with Crippen molar-refractivity contribution in [3.8, 4) is 17.0 Å². The molecule has 0 spiro atoms. The predicted octanol–water partition coefficient (Wildman–Crippen LogP) is 5.03. The molecule has 0 saturated heterocycles. The second-order valence-electron chi connectivity index (χ2n) is 9.50. The number of fused-ring (bicyclic) bond motifs is 2. The Hall–Kier alpha value is -4.54. The number of rotatable bonds is 6. The smallest absolute Gasteiger partial charge is 0.398 e. The minimum atomic E-state index is -4.77. The maximum Gasteiger partial charge on any atom is 0.398 e. The van der Waals surface area contributed by atoms with Crippen molar-refractivity contribution in [2.45, 2.75) is 24.4 Å². The Morgan fingerprint density at radius 3 is 2.64 bits per heavy atom. The van der Waals surface area contributed by atoms with Gasteiger partial charge in [0.05, 0.1) is 16.7 Å². The van der Waals surface area contributed by atoms with E-state index in [1.165, 1.54) is 42.6 Å². The van der Waals surface area contributed by atoms with Crippen LogP contribution in [0.2, 0.25) is 0 Å². The number of hydrogen-bond acceptors (Lipinski definition) is 6. The Kier molecular flexibility index (Phi) is 6.45. The molecular formula is C28H23F4N5O2. The third-order valence-corrected chi connectivity index (χ3v) is 6.85. The van der Waals surface area contributed by atoms with Crippen LogP contribution < -0.4 is 15.8 Å². The van der Waals surface area contributed by atoms with Crippen LogP contribution in [-0.4, -0.2) is 40.2 Å². The van der Waals surface area contributed by atoms with Crippen LogP contribution in [0.4, 0.5) is 17.6 Å². The van der Waals surface area contributed by atoms with Crippen molar-refractivity contribution in [2.24, 2.45) is 5.73 Å². The number of nitrogens with zero attached hydrogens (tertiary/aromatic N) is 3. The average Bonchev–Trinajstić information content (AvgIpc) is 3.25. The fraction of sp³-hybridized carbons (Fsp3) is 0.214. The first kappa shape index (κ1) is 26.1. The number of aromatic nitrogens is 3. The molecule has 39 heavy (non-hydrogen) atoms. The van der Waals surface area contributed by atoms with Gasteiger partial charge in [0.25, 0.3) is 5.91 Å². The van der Waals surface area contributed by atoms with Gasteiger partial charge in [0.2, 0.25) is 0 Å². The van der Waals surface area contributed by atoms with E-state index in [9.17, 15) is 22.4 Å². The minimum absolute atomic E-state index is 0.0498. The molecule has 0 fully saturated rings. The van der Waals surface area contributed by atoms with E-state index >= 15 is 0 Å². The number of hydrogen-bond donors (Lipinski definition) is 2. The highest BCUT2D eigenvalue weighted by Gasteiger charge is 2.46. The average molecular weight is 538 g/mol. The largest absolute Gasteiger partial charge is 0.490 e. The number of pyridine rings is 3. The SMILES string of the molecule is C=C(N)[C@@]1(C)COc2c1cc(C(CNC(=O)c1cnc3ncccc3c1)C(F)(F)F)nc2-c1ccc(F)cc1. The number of amides is 1. The first-order chi connectivity index (χ1) is 18.5. The molecule has 3 aromatic heterocycles. The molecule has 1 aliphatic rings. The molecule has 1 aromatic carbocycles. The molecule has 1 aliphatic heterocycles. The molecule has 4 heterocycles. The summed E-state index contributed by atoms with van der Waals surface area (Å²) in [5, 5.41) is 2.94. The minimum Gasteiger partial charge on any atom is -0.490 e. The molecule has 1 amide bonds. The third kappa shape index (κ3) is 4.87. The van der Waals surface area contributed by atoms with Crippen LogP contribution in [0.15, 0.2) is 73.2 Å². The maximum absolute atomic E-state index is 14.4. The van der Waals surface area contributed by atoms with Crippen LogP contribution in [0, 0.1) is 5.82 Å². The van der Waals surface area contributed by atoms with E-state index in [0.29, 0.717) is 22.2 Å². The van der Waals surface area contributed by atoms with Crippen molar-refractivity contribution in [3.63, 3.8) is 0 Å². The molecule has 7 nitrogen and oxygen atoms in total. The summed E-state index contributed by atoms with van der Waals surface area (Å²) < 4.78 is 62.7. The van der Waals surface area contributed by atoms with E-state index in [4.69, 9.17) is 10.5 Å². The Morgan fingerprint density at radius 2 is 1.95 bits per heavy atom. The zero-order valence-electron chi connectivity index (χ0n) is 20.7. The number of halogens is 4. The molecule has 3 N–H and O–H groups in total. The lowest BCUT2D eigenvalue weighted by Crippen LogP contribution is -2.36. The van der Waals surface area contributed by atoms with E-state index in [1.54, 1.807) is 25.3 Å². The first-order valence-corrected chi connectivity index (χ1v) is 11.9. The fourth-order valence-electron chi connectivity index (χ4n) is 4.43. The summed E-state index contributed by atoms with van der Waals surface area (Å²) >= 11 is 0. The van der Waals surface area contributed by atoms with Crippen LogP contribution in [0.1, 0.15) is 34.5 Å². The van der Waals surface area contributed by atoms with Gasteiger partial charge in [-0.15, -0.1) is 0 Å². The van der Waals surface area contributed by atoms with Gasteiger partial charge < -0.3 is 15.8 Å². The summed E-state index contributed by atoms with van der Waals surface area (Å²) in [4.78, 5) is 25.3. The molecule has 2 atom stereocenters. The van der Waals surface area contributed by atoms with Gasteiger partial charge in [-0.05, 0) is 55.5 Å². The van der Waals surface area contributed by atoms with Gasteiger partial charge in [0.1, 0.15) is 29.8 Å². The molecule has 0 aliphatic carbocycles. The van der Waals surface area contributed by atoms with Gasteiger partial charge in [-0.1, -0.05) is 6.58 Å². The van der Waals surface area contributed by atoms with Gasteiger partial charge in [-0.2, -0.15) is 13.2 Å². The summed E-state index contributed by atoms with van der Waals surface area (Å²) in [5.41, 5.74) is 6.27. The van der Waals surface area contributed by atoms with Crippen molar-refractivity contribution in [3.05, 3.63) is 95.8 Å². The van der Waals surface area contributed by atoms with E-state index in [1.807, 2.05) is 0 Å². The summed E-state index contributed by atoms with van der Waals surface area (Å²) in [5.74, 6) is -3.16. The van der Waals surface area contributed by atoms with E-state index in [0.717, 1.165) is 0 Å². The first-order valence-electron chi connectivity index (χ1n) is 11.9. The quantitative estimate of drug-likeness (QED) is 0.335. The van der Waals surface area contributed by atoms with Crippen LogP contribution in [0.3, 0.4) is 0 Å². The molecule has 0 saturated carbocycles. The van der Waals surface area contributed by atoms with E-state index < -0.39 is 35.8 Å². The van der Waals surface area contributed by atoms with E-state index in [-0.39, 0.29) is 35.0 Å². The zero-order valence-corrected chi connectivity index (χ0v) is 20.7. The Labute approximate surface area is 220 Å². The van der Waals surface area contributed by atoms with Gasteiger partial charge in [-0.3, -0.25) is 4.79 Å². The number of carbonyl (C=O) groups is 1. The Balaban J connectivity index is 1.54. The van der Waals surface area contributed by atoms with Crippen molar-refractivity contribution >= 4 is 16.9 Å². The topological polar surface area (TPSA) is 103 Å². The van der Waals surface area contributed by atoms with Crippen LogP contribution in [0.5, 0.6) is 5.75 Å². The lowest BCUT2D eigenvalue weighted by Gasteiger charge is -2.25. The lowest BCUT2D eigenvalue weighted by atomic mass is 9.80. The van der Waals surface area contributed by atoms with Crippen LogP contribution >= 0.6 is 0 Å².